The SMILES string of the molecule is CO[C@@]1(NC(=O)Cc2cccs2)C(=O)N2C(C(=O)OC(c3ccccc3)c3ccccc3)=C(C=P(c3ccccc3)(c3ccccc3)c3ccccc3)CS[C@H]21. The van der Waals surface area contributed by atoms with Gasteiger partial charge in [-0.05, 0) is 56.7 Å². The van der Waals surface area contributed by atoms with Crippen LogP contribution in [0.2, 0.25) is 0 Å². The summed E-state index contributed by atoms with van der Waals surface area (Å²) in [5.74, 6) is 1.05. The van der Waals surface area contributed by atoms with Crippen LogP contribution in [0.1, 0.15) is 22.1 Å². The number of carbonyl (C=O) groups is 3. The summed E-state index contributed by atoms with van der Waals surface area (Å²) in [6, 6.07) is 54.0. The van der Waals surface area contributed by atoms with Crippen molar-refractivity contribution in [3.63, 3.8) is 0 Å². The molecular weight excluding hydrogens is 756 g/mol. The van der Waals surface area contributed by atoms with Crippen molar-refractivity contribution in [3.05, 3.63) is 196 Å². The van der Waals surface area contributed by atoms with E-state index in [9.17, 15) is 9.59 Å². The number of hydrogen-bond acceptors (Lipinski definition) is 7. The zero-order chi connectivity index (χ0) is 38.5. The molecule has 0 spiro atoms. The van der Waals surface area contributed by atoms with Gasteiger partial charge in [0, 0.05) is 17.7 Å². The van der Waals surface area contributed by atoms with E-state index >= 15 is 4.79 Å². The monoisotopic (exact) mass is 794 g/mol. The van der Waals surface area contributed by atoms with Gasteiger partial charge in [-0.25, -0.2) is 4.79 Å². The zero-order valence-corrected chi connectivity index (χ0v) is 33.1. The fourth-order valence-electron chi connectivity index (χ4n) is 7.46. The van der Waals surface area contributed by atoms with Gasteiger partial charge in [0.15, 0.2) is 6.10 Å². The summed E-state index contributed by atoms with van der Waals surface area (Å²) in [6.45, 7) is -2.63. The molecule has 7 nitrogen and oxygen atoms in total. The van der Waals surface area contributed by atoms with Crippen LogP contribution in [-0.4, -0.2) is 52.4 Å². The number of β-lactam (4-membered cyclic amide) rings is 1. The molecule has 3 heterocycles. The third-order valence-corrected chi connectivity index (χ3v) is 16.3. The fraction of sp³-hybridized carbons (Fsp3) is 0.130. The minimum absolute atomic E-state index is 0.102. The molecule has 8 rings (SSSR count). The number of esters is 1. The largest absolute Gasteiger partial charge is 0.448 e. The highest BCUT2D eigenvalue weighted by atomic mass is 32.2. The van der Waals surface area contributed by atoms with Crippen molar-refractivity contribution in [2.24, 2.45) is 0 Å². The maximum Gasteiger partial charge on any atom is 0.356 e. The molecule has 0 saturated carbocycles. The minimum Gasteiger partial charge on any atom is -0.448 e. The predicted octanol–water partition coefficient (Wildman–Crippen LogP) is 7.05. The van der Waals surface area contributed by atoms with E-state index in [-0.39, 0.29) is 18.0 Å². The lowest BCUT2D eigenvalue weighted by Crippen LogP contribution is -2.80. The topological polar surface area (TPSA) is 84.9 Å². The lowest BCUT2D eigenvalue weighted by atomic mass is 9.97. The molecule has 0 bridgehead atoms. The Labute approximate surface area is 335 Å². The molecule has 1 fully saturated rings. The number of thiophene rings is 1. The van der Waals surface area contributed by atoms with Gasteiger partial charge in [0.05, 0.1) is 6.42 Å². The molecule has 280 valence electrons. The fourth-order valence-corrected chi connectivity index (χ4v) is 13.6. The number of rotatable bonds is 12. The number of methoxy groups -OCH3 is 1. The van der Waals surface area contributed by atoms with Crippen LogP contribution >= 0.6 is 30.0 Å². The van der Waals surface area contributed by atoms with Crippen molar-refractivity contribution in [1.29, 1.82) is 0 Å². The van der Waals surface area contributed by atoms with E-state index in [2.05, 4.69) is 47.5 Å². The average Bonchev–Trinajstić information content (AvgIpc) is 3.78. The molecule has 1 N–H and O–H groups in total. The Morgan fingerprint density at radius 3 is 1.73 bits per heavy atom. The first kappa shape index (κ1) is 37.5. The molecule has 0 radical (unpaired) electrons. The van der Waals surface area contributed by atoms with Crippen molar-refractivity contribution in [1.82, 2.24) is 10.2 Å². The van der Waals surface area contributed by atoms with Crippen LogP contribution in [0.25, 0.3) is 0 Å². The first-order valence-corrected chi connectivity index (χ1v) is 22.0. The van der Waals surface area contributed by atoms with Crippen molar-refractivity contribution in [2.45, 2.75) is 23.6 Å². The van der Waals surface area contributed by atoms with Crippen LogP contribution in [0.3, 0.4) is 0 Å². The van der Waals surface area contributed by atoms with Crippen LogP contribution in [0.15, 0.2) is 180 Å². The first-order valence-electron chi connectivity index (χ1n) is 18.2. The second-order valence-electron chi connectivity index (χ2n) is 13.4. The van der Waals surface area contributed by atoms with E-state index in [1.54, 1.807) is 0 Å². The lowest BCUT2D eigenvalue weighted by Gasteiger charge is -2.56. The Bertz CT molecular complexity index is 2270. The van der Waals surface area contributed by atoms with Gasteiger partial charge in [0.1, 0.15) is 11.1 Å². The molecule has 2 aliphatic heterocycles. The zero-order valence-electron chi connectivity index (χ0n) is 30.6. The quantitative estimate of drug-likeness (QED) is 0.0620. The number of nitrogens with zero attached hydrogens (tertiary/aromatic N) is 1. The molecule has 5 aromatic carbocycles. The molecule has 0 unspecified atom stereocenters. The summed E-state index contributed by atoms with van der Waals surface area (Å²) in [5, 5.41) is 7.38. The van der Waals surface area contributed by atoms with Gasteiger partial charge in [-0.2, -0.15) is 0 Å². The number of nitrogens with one attached hydrogen (secondary N) is 1. The van der Waals surface area contributed by atoms with Gasteiger partial charge >= 0.3 is 5.97 Å². The van der Waals surface area contributed by atoms with Gasteiger partial charge in [-0.15, -0.1) is 23.1 Å². The van der Waals surface area contributed by atoms with E-state index in [0.717, 1.165) is 31.9 Å². The van der Waals surface area contributed by atoms with Crippen LogP contribution < -0.4 is 21.2 Å². The van der Waals surface area contributed by atoms with Crippen molar-refractivity contribution in [2.75, 3.05) is 12.9 Å². The molecule has 56 heavy (non-hydrogen) atoms. The molecule has 0 aliphatic carbocycles. The molecular formula is C46H39N2O5PS2. The van der Waals surface area contributed by atoms with Gasteiger partial charge in [0.2, 0.25) is 5.91 Å². The molecule has 2 atom stereocenters. The standard InChI is InChI=1S/C46H39N2O5PS2/c1-52-46(47-40(49)30-39-28-17-29-55-39)44(51)48-41(43(50)53-42(33-18-7-2-8-19-33)34-20-9-3-10-21-34)35(32-56-45(46)48)31-54(36-22-11-4-12-23-36,37-24-13-5-14-25-37)38-26-15-6-16-27-38/h2-29,31,42,45H,30,32H2,1H3,(H,47,49)/t45-,46-/m0/s1. The highest BCUT2D eigenvalue weighted by molar-refractivity contribution is 8.00. The summed E-state index contributed by atoms with van der Waals surface area (Å²) >= 11 is 2.92. The summed E-state index contributed by atoms with van der Waals surface area (Å²) in [4.78, 5) is 45.6. The number of ether oxygens (including phenoxy) is 2. The maximum atomic E-state index is 15.1. The van der Waals surface area contributed by atoms with E-state index in [1.165, 1.54) is 35.1 Å². The predicted molar refractivity (Wildman–Crippen MR) is 228 cm³/mol. The molecule has 2 amide bonds. The van der Waals surface area contributed by atoms with Crippen LogP contribution in [0.4, 0.5) is 0 Å². The Morgan fingerprint density at radius 2 is 1.27 bits per heavy atom. The van der Waals surface area contributed by atoms with Gasteiger partial charge < -0.3 is 14.8 Å². The Kier molecular flexibility index (Phi) is 10.9. The second kappa shape index (κ2) is 16.3. The van der Waals surface area contributed by atoms with Crippen molar-refractivity contribution < 1.29 is 23.9 Å². The highest BCUT2D eigenvalue weighted by Gasteiger charge is 2.66. The van der Waals surface area contributed by atoms with Crippen molar-refractivity contribution >= 4 is 69.5 Å². The Balaban J connectivity index is 1.32. The van der Waals surface area contributed by atoms with E-state index < -0.39 is 36.0 Å². The summed E-state index contributed by atoms with van der Waals surface area (Å²) in [5.41, 5.74) is 0.731. The van der Waals surface area contributed by atoms with E-state index in [0.29, 0.717) is 11.3 Å². The Hall–Kier alpha value is -5.44. The van der Waals surface area contributed by atoms with Gasteiger partial charge in [-0.3, -0.25) is 14.5 Å². The Morgan fingerprint density at radius 1 is 0.768 bits per heavy atom. The summed E-state index contributed by atoms with van der Waals surface area (Å²) in [6.07, 6.45) is -0.650. The lowest BCUT2D eigenvalue weighted by molar-refractivity contribution is -0.193. The third-order valence-electron chi connectivity index (χ3n) is 10.1. The summed E-state index contributed by atoms with van der Waals surface area (Å²) in [7, 11) is 1.42. The molecule has 6 aromatic rings. The number of carbonyl (C=O) groups excluding carboxylic acids is 3. The van der Waals surface area contributed by atoms with Gasteiger partial charge in [-0.1, -0.05) is 158 Å². The first-order chi connectivity index (χ1) is 27.4. The average molecular weight is 795 g/mol. The van der Waals surface area contributed by atoms with E-state index in [4.69, 9.17) is 9.47 Å². The smallest absolute Gasteiger partial charge is 0.356 e. The molecule has 1 aromatic heterocycles. The number of amides is 2. The van der Waals surface area contributed by atoms with Gasteiger partial charge in [0.25, 0.3) is 11.6 Å². The second-order valence-corrected chi connectivity index (χ2v) is 18.8. The molecule has 1 saturated heterocycles. The normalized spacial score (nSPS) is 17.9. The van der Waals surface area contributed by atoms with Crippen LogP contribution in [-0.2, 0) is 30.3 Å². The van der Waals surface area contributed by atoms with Crippen LogP contribution in [0, 0.1) is 0 Å². The minimum atomic E-state index is -2.63. The number of fused-ring (bicyclic) bond motifs is 1. The molecule has 2 aliphatic rings. The number of benzene rings is 5. The number of hydrogen-bond donors (Lipinski definition) is 1. The van der Waals surface area contributed by atoms with Crippen LogP contribution in [0.5, 0.6) is 0 Å². The van der Waals surface area contributed by atoms with E-state index in [1.807, 2.05) is 133 Å². The maximum absolute atomic E-state index is 15.1. The highest BCUT2D eigenvalue weighted by Crippen LogP contribution is 2.50. The summed E-state index contributed by atoms with van der Waals surface area (Å²) < 4.78 is 12.5. The van der Waals surface area contributed by atoms with Crippen molar-refractivity contribution in [3.8, 4) is 0 Å². The third kappa shape index (κ3) is 6.97. The molecule has 10 heteroatoms. The number of thioether (sulfide) groups is 1.